The van der Waals surface area contributed by atoms with Crippen LogP contribution < -0.4 is 5.32 Å². The van der Waals surface area contributed by atoms with Crippen molar-refractivity contribution < 1.29 is 14.4 Å². The van der Waals surface area contributed by atoms with Crippen LogP contribution in [-0.2, 0) is 0 Å². The molecule has 6 heteroatoms. The maximum Gasteiger partial charge on any atom is 0.293 e. The Morgan fingerprint density at radius 3 is 2.75 bits per heavy atom. The average Bonchev–Trinajstić information content (AvgIpc) is 2.77. The molecule has 2 aromatic rings. The molecule has 0 bridgehead atoms. The number of anilines is 1. The summed E-state index contributed by atoms with van der Waals surface area (Å²) in [6.45, 7) is 5.07. The van der Waals surface area contributed by atoms with E-state index >= 15 is 0 Å². The van der Waals surface area contributed by atoms with Gasteiger partial charge in [0, 0.05) is 18.2 Å². The monoisotopic (exact) mass is 273 g/mol. The molecule has 0 saturated heterocycles. The van der Waals surface area contributed by atoms with Crippen molar-refractivity contribution in [2.75, 3.05) is 5.32 Å². The molecule has 0 radical (unpaired) electrons. The molecule has 0 spiro atoms. The Morgan fingerprint density at radius 1 is 1.40 bits per heavy atom. The number of amides is 1. The molecule has 1 aromatic carbocycles. The number of nitrogens with one attached hydrogen (secondary N) is 1. The lowest BCUT2D eigenvalue weighted by Gasteiger charge is -2.05. The summed E-state index contributed by atoms with van der Waals surface area (Å²) in [4.78, 5) is 16.1. The number of carbonyl (C=O) groups excluding carboxylic acids is 1. The Labute approximate surface area is 116 Å². The van der Waals surface area contributed by atoms with Crippen molar-refractivity contribution in [3.05, 3.63) is 47.2 Å². The second kappa shape index (κ2) is 5.56. The van der Waals surface area contributed by atoms with Gasteiger partial charge < -0.3 is 14.9 Å². The summed E-state index contributed by atoms with van der Waals surface area (Å²) in [6, 6.07) is 7.00. The summed E-state index contributed by atoms with van der Waals surface area (Å²) in [7, 11) is 0. The molecule has 2 N–H and O–H groups in total. The Hall–Kier alpha value is -2.63. The Bertz CT molecular complexity index is 674. The third kappa shape index (κ3) is 2.85. The molecule has 0 atom stereocenters. The zero-order valence-electron chi connectivity index (χ0n) is 11.5. The van der Waals surface area contributed by atoms with Crippen molar-refractivity contribution in [1.29, 1.82) is 0 Å². The van der Waals surface area contributed by atoms with Gasteiger partial charge in [-0.3, -0.25) is 4.79 Å². The molecule has 0 aliphatic heterocycles. The van der Waals surface area contributed by atoms with Crippen LogP contribution in [0.1, 0.15) is 34.6 Å². The molecular weight excluding hydrogens is 258 g/mol. The second-order valence-electron chi connectivity index (χ2n) is 4.37. The van der Waals surface area contributed by atoms with Gasteiger partial charge in [-0.25, -0.2) is 4.98 Å². The van der Waals surface area contributed by atoms with Crippen LogP contribution in [0.25, 0.3) is 0 Å². The van der Waals surface area contributed by atoms with E-state index in [1.54, 1.807) is 45.0 Å². The predicted molar refractivity (Wildman–Crippen MR) is 74.4 cm³/mol. The van der Waals surface area contributed by atoms with Gasteiger partial charge in [0.15, 0.2) is 5.89 Å². The summed E-state index contributed by atoms with van der Waals surface area (Å²) in [5, 5.41) is 14.6. The number of oxazole rings is 1. The highest BCUT2D eigenvalue weighted by atomic mass is 16.4. The number of aromatic nitrogens is 1. The standard InChI is InChI=1S/C14H15N3O3/c1-8(17-19)11-5-4-6-12(7-11)16-14(18)13-9(2)15-10(3)20-13/h4-7,19H,1-3H3,(H,16,18)/b17-8-. The van der Waals surface area contributed by atoms with Crippen LogP contribution in [0.2, 0.25) is 0 Å². The van der Waals surface area contributed by atoms with Gasteiger partial charge in [0.1, 0.15) is 0 Å². The third-order valence-corrected chi connectivity index (χ3v) is 2.80. The molecule has 0 fully saturated rings. The zero-order chi connectivity index (χ0) is 14.7. The van der Waals surface area contributed by atoms with Crippen molar-refractivity contribution in [2.45, 2.75) is 20.8 Å². The number of benzene rings is 1. The van der Waals surface area contributed by atoms with Crippen LogP contribution in [0, 0.1) is 13.8 Å². The highest BCUT2D eigenvalue weighted by Gasteiger charge is 2.16. The Balaban J connectivity index is 2.22. The Kier molecular flexibility index (Phi) is 3.84. The SMILES string of the molecule is C/C(=N/O)c1cccc(NC(=O)c2oc(C)nc2C)c1. The number of carbonyl (C=O) groups is 1. The van der Waals surface area contributed by atoms with Crippen molar-refractivity contribution in [3.8, 4) is 0 Å². The molecule has 1 aromatic heterocycles. The molecule has 0 unspecified atom stereocenters. The maximum absolute atomic E-state index is 12.1. The molecular formula is C14H15N3O3. The molecule has 1 amide bonds. The molecule has 2 rings (SSSR count). The van der Waals surface area contributed by atoms with E-state index in [2.05, 4.69) is 15.5 Å². The highest BCUT2D eigenvalue weighted by molar-refractivity contribution is 6.04. The second-order valence-corrected chi connectivity index (χ2v) is 4.37. The molecule has 20 heavy (non-hydrogen) atoms. The van der Waals surface area contributed by atoms with Crippen LogP contribution in [0.3, 0.4) is 0 Å². The van der Waals surface area contributed by atoms with Crippen LogP contribution in [-0.4, -0.2) is 21.8 Å². The van der Waals surface area contributed by atoms with Crippen molar-refractivity contribution >= 4 is 17.3 Å². The lowest BCUT2D eigenvalue weighted by Crippen LogP contribution is -2.12. The summed E-state index contributed by atoms with van der Waals surface area (Å²) in [5.74, 6) is 0.281. The van der Waals surface area contributed by atoms with E-state index in [0.29, 0.717) is 23.0 Å². The minimum atomic E-state index is -0.362. The van der Waals surface area contributed by atoms with Crippen LogP contribution in [0.15, 0.2) is 33.8 Å². The third-order valence-electron chi connectivity index (χ3n) is 2.80. The quantitative estimate of drug-likeness (QED) is 0.511. The summed E-state index contributed by atoms with van der Waals surface area (Å²) >= 11 is 0. The van der Waals surface area contributed by atoms with Crippen LogP contribution in [0.5, 0.6) is 0 Å². The smallest absolute Gasteiger partial charge is 0.293 e. The van der Waals surface area contributed by atoms with Gasteiger partial charge in [0.25, 0.3) is 5.91 Å². The molecule has 1 heterocycles. The molecule has 0 aliphatic rings. The predicted octanol–water partition coefficient (Wildman–Crippen LogP) is 2.74. The molecule has 104 valence electrons. The average molecular weight is 273 g/mol. The first kappa shape index (κ1) is 13.8. The lowest BCUT2D eigenvalue weighted by molar-refractivity contribution is 0.0994. The maximum atomic E-state index is 12.1. The first-order valence-corrected chi connectivity index (χ1v) is 6.05. The van der Waals surface area contributed by atoms with Gasteiger partial charge >= 0.3 is 0 Å². The first-order chi connectivity index (χ1) is 9.51. The highest BCUT2D eigenvalue weighted by Crippen LogP contribution is 2.15. The van der Waals surface area contributed by atoms with E-state index in [4.69, 9.17) is 9.62 Å². The number of nitrogens with zero attached hydrogens (tertiary/aromatic N) is 2. The first-order valence-electron chi connectivity index (χ1n) is 6.05. The van der Waals surface area contributed by atoms with E-state index in [-0.39, 0.29) is 11.7 Å². The summed E-state index contributed by atoms with van der Waals surface area (Å²) in [6.07, 6.45) is 0. The molecule has 0 aliphatic carbocycles. The molecule has 0 saturated carbocycles. The van der Waals surface area contributed by atoms with Crippen molar-refractivity contribution in [2.24, 2.45) is 5.16 Å². The van der Waals surface area contributed by atoms with E-state index in [0.717, 1.165) is 5.56 Å². The van der Waals surface area contributed by atoms with Crippen LogP contribution in [0.4, 0.5) is 5.69 Å². The number of oxime groups is 1. The van der Waals surface area contributed by atoms with Gasteiger partial charge in [-0.05, 0) is 26.0 Å². The number of rotatable bonds is 3. The van der Waals surface area contributed by atoms with E-state index in [1.165, 1.54) is 0 Å². The molecule has 6 nitrogen and oxygen atoms in total. The zero-order valence-corrected chi connectivity index (χ0v) is 11.5. The van der Waals surface area contributed by atoms with Crippen molar-refractivity contribution in [1.82, 2.24) is 4.98 Å². The summed E-state index contributed by atoms with van der Waals surface area (Å²) in [5.41, 5.74) is 2.32. The van der Waals surface area contributed by atoms with Gasteiger partial charge in [0.05, 0.1) is 11.4 Å². The fourth-order valence-electron chi connectivity index (χ4n) is 1.81. The van der Waals surface area contributed by atoms with Gasteiger partial charge in [0.2, 0.25) is 5.76 Å². The van der Waals surface area contributed by atoms with Gasteiger partial charge in [-0.1, -0.05) is 17.3 Å². The van der Waals surface area contributed by atoms with E-state index in [1.807, 2.05) is 0 Å². The fourth-order valence-corrected chi connectivity index (χ4v) is 1.81. The normalized spacial score (nSPS) is 11.4. The lowest BCUT2D eigenvalue weighted by atomic mass is 10.1. The van der Waals surface area contributed by atoms with E-state index in [9.17, 15) is 4.79 Å². The van der Waals surface area contributed by atoms with Crippen LogP contribution >= 0.6 is 0 Å². The number of hydrogen-bond acceptors (Lipinski definition) is 5. The van der Waals surface area contributed by atoms with Crippen molar-refractivity contribution in [3.63, 3.8) is 0 Å². The number of aryl methyl sites for hydroxylation is 2. The fraction of sp³-hybridized carbons (Fsp3) is 0.214. The van der Waals surface area contributed by atoms with E-state index < -0.39 is 0 Å². The topological polar surface area (TPSA) is 87.7 Å². The number of hydrogen-bond donors (Lipinski definition) is 2. The van der Waals surface area contributed by atoms with Gasteiger partial charge in [-0.2, -0.15) is 0 Å². The van der Waals surface area contributed by atoms with Gasteiger partial charge in [-0.15, -0.1) is 0 Å². The largest absolute Gasteiger partial charge is 0.436 e. The minimum absolute atomic E-state index is 0.195. The summed E-state index contributed by atoms with van der Waals surface area (Å²) < 4.78 is 5.26. The Morgan fingerprint density at radius 2 is 2.15 bits per heavy atom. The minimum Gasteiger partial charge on any atom is -0.436 e.